The summed E-state index contributed by atoms with van der Waals surface area (Å²) in [5, 5.41) is 14.7. The maximum absolute atomic E-state index is 9.85. The van der Waals surface area contributed by atoms with Gasteiger partial charge < -0.3 is 14.6 Å². The molecule has 0 saturated heterocycles. The molecular weight excluding hydrogens is 527 g/mol. The normalized spacial score (nSPS) is 11.4. The van der Waals surface area contributed by atoms with Gasteiger partial charge in [-0.2, -0.15) is 5.10 Å². The van der Waals surface area contributed by atoms with Crippen LogP contribution in [0.2, 0.25) is 0 Å². The quantitative estimate of drug-likeness (QED) is 0.266. The summed E-state index contributed by atoms with van der Waals surface area (Å²) in [4.78, 5) is 0. The number of ether oxygens (including phenoxy) is 2. The number of hydrogen-bond donors (Lipinski definition) is 1. The van der Waals surface area contributed by atoms with Gasteiger partial charge in [-0.15, -0.1) is 0 Å². The highest BCUT2D eigenvalue weighted by Gasteiger charge is 2.07. The van der Waals surface area contributed by atoms with Crippen molar-refractivity contribution in [2.45, 2.75) is 0 Å². The number of phenols is 1. The number of hydrogen-bond acceptors (Lipinski definition) is 4. The lowest BCUT2D eigenvalue weighted by atomic mass is 10.1. The van der Waals surface area contributed by atoms with E-state index >= 15 is 0 Å². The molecule has 5 nitrogen and oxygen atoms in total. The lowest BCUT2D eigenvalue weighted by Crippen LogP contribution is -1.98. The van der Waals surface area contributed by atoms with E-state index < -0.39 is 0 Å². The van der Waals surface area contributed by atoms with E-state index in [0.717, 1.165) is 37.5 Å². The summed E-state index contributed by atoms with van der Waals surface area (Å²) in [6.45, 7) is 0. The second-order valence-electron chi connectivity index (χ2n) is 7.26. The molecule has 0 radical (unpaired) electrons. The molecule has 0 aliphatic heterocycles. The van der Waals surface area contributed by atoms with Gasteiger partial charge in [-0.25, -0.2) is 4.68 Å². The Morgan fingerprint density at radius 1 is 0.818 bits per heavy atom. The molecule has 4 aromatic rings. The van der Waals surface area contributed by atoms with Crippen molar-refractivity contribution in [2.24, 2.45) is 0 Å². The second-order valence-corrected chi connectivity index (χ2v) is 8.50. The van der Waals surface area contributed by atoms with Gasteiger partial charge in [0.2, 0.25) is 0 Å². The molecule has 166 valence electrons. The summed E-state index contributed by atoms with van der Waals surface area (Å²) in [6.07, 6.45) is 7.97. The monoisotopic (exact) mass is 550 g/mol. The fourth-order valence-corrected chi connectivity index (χ4v) is 3.67. The summed E-state index contributed by atoms with van der Waals surface area (Å²) < 4.78 is 13.6. The zero-order valence-corrected chi connectivity index (χ0v) is 20.4. The first-order valence-corrected chi connectivity index (χ1v) is 11.4. The highest BCUT2D eigenvalue weighted by Crippen LogP contribution is 2.27. The van der Waals surface area contributed by atoms with Gasteiger partial charge in [-0.3, -0.25) is 0 Å². The average molecular weight is 550 g/mol. The Kier molecular flexibility index (Phi) is 7.14. The molecule has 1 aromatic heterocycles. The largest absolute Gasteiger partial charge is 0.504 e. The molecule has 33 heavy (non-hydrogen) atoms. The van der Waals surface area contributed by atoms with Gasteiger partial charge in [0, 0.05) is 3.57 Å². The molecule has 0 saturated carbocycles. The van der Waals surface area contributed by atoms with Gasteiger partial charge in [0.1, 0.15) is 5.75 Å². The van der Waals surface area contributed by atoms with Crippen LogP contribution < -0.4 is 9.47 Å². The Balaban J connectivity index is 1.69. The molecule has 0 bridgehead atoms. The van der Waals surface area contributed by atoms with E-state index in [4.69, 9.17) is 14.6 Å². The summed E-state index contributed by atoms with van der Waals surface area (Å²) in [7, 11) is 3.20. The van der Waals surface area contributed by atoms with E-state index in [1.54, 1.807) is 19.2 Å². The Morgan fingerprint density at radius 2 is 1.58 bits per heavy atom. The van der Waals surface area contributed by atoms with Crippen LogP contribution in [0, 0.1) is 3.57 Å². The number of benzene rings is 3. The average Bonchev–Trinajstić information content (AvgIpc) is 3.26. The van der Waals surface area contributed by atoms with Crippen LogP contribution >= 0.6 is 22.6 Å². The van der Waals surface area contributed by atoms with Gasteiger partial charge in [-0.05, 0) is 100 Å². The number of halogens is 1. The van der Waals surface area contributed by atoms with Crippen LogP contribution in [0.4, 0.5) is 0 Å². The number of aromatic nitrogens is 2. The van der Waals surface area contributed by atoms with Crippen molar-refractivity contribution in [1.82, 2.24) is 9.78 Å². The molecule has 0 aliphatic rings. The summed E-state index contributed by atoms with van der Waals surface area (Å²) in [6, 6.07) is 23.4. The van der Waals surface area contributed by atoms with Crippen molar-refractivity contribution in [3.8, 4) is 22.9 Å². The second kappa shape index (κ2) is 10.4. The van der Waals surface area contributed by atoms with E-state index in [-0.39, 0.29) is 5.75 Å². The van der Waals surface area contributed by atoms with Crippen molar-refractivity contribution in [2.75, 3.05) is 14.2 Å². The molecule has 0 aliphatic carbocycles. The SMILES string of the molecule is COc1cccc(/C=C/c2cc(/C=C/c3ccc(O)c(OC)c3)n(-c3ccc(I)cc3)n2)c1. The van der Waals surface area contributed by atoms with Crippen LogP contribution in [0.5, 0.6) is 17.2 Å². The highest BCUT2D eigenvalue weighted by molar-refractivity contribution is 14.1. The van der Waals surface area contributed by atoms with E-state index in [9.17, 15) is 5.11 Å². The molecule has 4 rings (SSSR count). The Bertz CT molecular complexity index is 1310. The molecule has 0 fully saturated rings. The molecule has 6 heteroatoms. The summed E-state index contributed by atoms with van der Waals surface area (Å²) >= 11 is 2.29. The van der Waals surface area contributed by atoms with Gasteiger partial charge in [0.15, 0.2) is 11.5 Å². The van der Waals surface area contributed by atoms with Gasteiger partial charge in [0.25, 0.3) is 0 Å². The first-order chi connectivity index (χ1) is 16.1. The van der Waals surface area contributed by atoms with Crippen LogP contribution in [-0.4, -0.2) is 29.1 Å². The third-order valence-corrected chi connectivity index (χ3v) is 5.74. The first kappa shape index (κ1) is 22.7. The van der Waals surface area contributed by atoms with Gasteiger partial charge in [0.05, 0.1) is 31.3 Å². The molecule has 0 atom stereocenters. The van der Waals surface area contributed by atoms with E-state index in [0.29, 0.717) is 5.75 Å². The number of nitrogens with zero attached hydrogens (tertiary/aromatic N) is 2. The lowest BCUT2D eigenvalue weighted by Gasteiger charge is -2.05. The molecule has 0 amide bonds. The summed E-state index contributed by atoms with van der Waals surface area (Å²) in [5.74, 6) is 1.36. The Morgan fingerprint density at radius 3 is 2.33 bits per heavy atom. The zero-order chi connectivity index (χ0) is 23.2. The first-order valence-electron chi connectivity index (χ1n) is 10.3. The maximum Gasteiger partial charge on any atom is 0.161 e. The predicted molar refractivity (Wildman–Crippen MR) is 142 cm³/mol. The molecule has 1 N–H and O–H groups in total. The Hall–Kier alpha value is -3.52. The van der Waals surface area contributed by atoms with Crippen LogP contribution in [0.25, 0.3) is 30.0 Å². The molecule has 1 heterocycles. The minimum absolute atomic E-state index is 0.114. The molecule has 0 unspecified atom stereocenters. The number of rotatable bonds is 7. The third kappa shape index (κ3) is 5.64. The number of methoxy groups -OCH3 is 2. The third-order valence-electron chi connectivity index (χ3n) is 5.02. The smallest absolute Gasteiger partial charge is 0.161 e. The molecular formula is C27H23IN2O3. The predicted octanol–water partition coefficient (Wildman–Crippen LogP) is 6.54. The van der Waals surface area contributed by atoms with Crippen molar-refractivity contribution in [3.63, 3.8) is 0 Å². The lowest BCUT2D eigenvalue weighted by molar-refractivity contribution is 0.373. The van der Waals surface area contributed by atoms with Crippen molar-refractivity contribution in [1.29, 1.82) is 0 Å². The fraction of sp³-hybridized carbons (Fsp3) is 0.0741. The van der Waals surface area contributed by atoms with E-state index in [1.165, 1.54) is 7.11 Å². The van der Waals surface area contributed by atoms with Crippen LogP contribution in [0.15, 0.2) is 72.8 Å². The minimum Gasteiger partial charge on any atom is -0.504 e. The summed E-state index contributed by atoms with van der Waals surface area (Å²) in [5.41, 5.74) is 4.67. The fourth-order valence-electron chi connectivity index (χ4n) is 3.31. The topological polar surface area (TPSA) is 56.5 Å². The van der Waals surface area contributed by atoms with Crippen molar-refractivity contribution >= 4 is 46.9 Å². The molecule has 3 aromatic carbocycles. The van der Waals surface area contributed by atoms with Gasteiger partial charge in [-0.1, -0.05) is 30.4 Å². The van der Waals surface area contributed by atoms with Crippen LogP contribution in [0.3, 0.4) is 0 Å². The van der Waals surface area contributed by atoms with Gasteiger partial charge >= 0.3 is 0 Å². The maximum atomic E-state index is 9.85. The van der Waals surface area contributed by atoms with Crippen molar-refractivity contribution in [3.05, 3.63) is 98.9 Å². The zero-order valence-electron chi connectivity index (χ0n) is 18.3. The minimum atomic E-state index is 0.114. The standard InChI is InChI=1S/C27H23IN2O3/c1-32-25-5-3-4-19(16-25)6-11-22-18-24(30(29-22)23-13-9-21(28)10-14-23)12-7-20-8-15-26(31)27(17-20)33-2/h3-18,31H,1-2H3/b11-6+,12-7+. The van der Waals surface area contributed by atoms with Crippen LogP contribution in [0.1, 0.15) is 22.5 Å². The Labute approximate surface area is 206 Å². The van der Waals surface area contributed by atoms with Crippen LogP contribution in [-0.2, 0) is 0 Å². The highest BCUT2D eigenvalue weighted by atomic mass is 127. The van der Waals surface area contributed by atoms with E-state index in [1.807, 2.05) is 77.5 Å². The number of aromatic hydroxyl groups is 1. The molecule has 0 spiro atoms. The number of phenolic OH excluding ortho intramolecular Hbond substituents is 1. The van der Waals surface area contributed by atoms with Crippen molar-refractivity contribution < 1.29 is 14.6 Å². The van der Waals surface area contributed by atoms with E-state index in [2.05, 4.69) is 34.7 Å².